The van der Waals surface area contributed by atoms with Crippen molar-refractivity contribution >= 4 is 0 Å². The van der Waals surface area contributed by atoms with Crippen LogP contribution in [0.3, 0.4) is 0 Å². The van der Waals surface area contributed by atoms with E-state index in [1.807, 2.05) is 6.20 Å². The number of rotatable bonds is 13. The number of pyridine rings is 1. The van der Waals surface area contributed by atoms with E-state index < -0.39 is 0 Å². The third kappa shape index (κ3) is 8.78. The highest BCUT2D eigenvalue weighted by Gasteiger charge is 2.30. The summed E-state index contributed by atoms with van der Waals surface area (Å²) < 4.78 is 5.80. The van der Waals surface area contributed by atoms with Gasteiger partial charge in [-0.25, -0.2) is 0 Å². The van der Waals surface area contributed by atoms with Crippen LogP contribution in [0, 0.1) is 23.7 Å². The van der Waals surface area contributed by atoms with E-state index in [9.17, 15) is 0 Å². The molecule has 2 fully saturated rings. The Balaban J connectivity index is 1.28. The fourth-order valence-corrected chi connectivity index (χ4v) is 6.12. The van der Waals surface area contributed by atoms with Crippen molar-refractivity contribution in [3.8, 4) is 5.75 Å². The molecule has 2 saturated carbocycles. The van der Waals surface area contributed by atoms with Crippen LogP contribution in [0.25, 0.3) is 0 Å². The summed E-state index contributed by atoms with van der Waals surface area (Å²) in [4.78, 5) is 4.66. The van der Waals surface area contributed by atoms with Gasteiger partial charge in [0.2, 0.25) is 0 Å². The van der Waals surface area contributed by atoms with Crippen LogP contribution >= 0.6 is 0 Å². The molecule has 31 heavy (non-hydrogen) atoms. The maximum atomic E-state index is 5.80. The van der Waals surface area contributed by atoms with Crippen molar-refractivity contribution in [1.29, 1.82) is 0 Å². The van der Waals surface area contributed by atoms with Gasteiger partial charge in [0.15, 0.2) is 0 Å². The number of hydrogen-bond acceptors (Lipinski definition) is 2. The molecular formula is C29H49NO. The van der Waals surface area contributed by atoms with Crippen LogP contribution in [-0.4, -0.2) is 11.6 Å². The van der Waals surface area contributed by atoms with Crippen molar-refractivity contribution in [1.82, 2.24) is 4.98 Å². The summed E-state index contributed by atoms with van der Waals surface area (Å²) in [6, 6.07) is 4.30. The zero-order valence-corrected chi connectivity index (χ0v) is 20.6. The first kappa shape index (κ1) is 24.6. The highest BCUT2D eigenvalue weighted by atomic mass is 16.5. The maximum Gasteiger partial charge on any atom is 0.137 e. The summed E-state index contributed by atoms with van der Waals surface area (Å²) in [5, 5.41) is 0. The van der Waals surface area contributed by atoms with Gasteiger partial charge in [-0.3, -0.25) is 4.98 Å². The van der Waals surface area contributed by atoms with Gasteiger partial charge in [0.25, 0.3) is 0 Å². The lowest BCUT2D eigenvalue weighted by atomic mass is 9.68. The number of unbranched alkanes of at least 4 members (excludes halogenated alkanes) is 4. The monoisotopic (exact) mass is 427 g/mol. The summed E-state index contributed by atoms with van der Waals surface area (Å²) in [6.07, 6.45) is 25.8. The molecule has 2 heteroatoms. The molecule has 2 aliphatic rings. The minimum Gasteiger partial charge on any atom is -0.492 e. The lowest BCUT2D eigenvalue weighted by Crippen LogP contribution is -2.26. The molecular weight excluding hydrogens is 378 g/mol. The van der Waals surface area contributed by atoms with E-state index in [4.69, 9.17) is 4.74 Å². The molecule has 0 N–H and O–H groups in total. The second-order valence-electron chi connectivity index (χ2n) is 10.6. The first-order chi connectivity index (χ1) is 15.3. The third-order valence-electron chi connectivity index (χ3n) is 8.29. The minimum atomic E-state index is 0.818. The fraction of sp³-hybridized carbons (Fsp3) is 0.828. The van der Waals surface area contributed by atoms with E-state index >= 15 is 0 Å². The predicted octanol–water partition coefficient (Wildman–Crippen LogP) is 8.78. The highest BCUT2D eigenvalue weighted by molar-refractivity contribution is 5.19. The first-order valence-electron chi connectivity index (χ1n) is 13.9. The third-order valence-corrected chi connectivity index (χ3v) is 8.29. The SMILES string of the molecule is CCCCCOc1ccc(CCC2CCC([C@H]3CC[C@H](CCCCC)CC3)CC2)nc1. The Kier molecular flexibility index (Phi) is 11.2. The van der Waals surface area contributed by atoms with Gasteiger partial charge in [0.05, 0.1) is 12.8 Å². The molecule has 1 aromatic heterocycles. The molecule has 0 saturated heterocycles. The molecule has 2 nitrogen and oxygen atoms in total. The van der Waals surface area contributed by atoms with E-state index in [1.165, 1.54) is 102 Å². The lowest BCUT2D eigenvalue weighted by Gasteiger charge is -2.38. The molecule has 0 bridgehead atoms. The van der Waals surface area contributed by atoms with Crippen LogP contribution in [0.4, 0.5) is 0 Å². The van der Waals surface area contributed by atoms with Gasteiger partial charge in [-0.2, -0.15) is 0 Å². The summed E-state index contributed by atoms with van der Waals surface area (Å²) >= 11 is 0. The quantitative estimate of drug-likeness (QED) is 0.293. The Morgan fingerprint density at radius 3 is 1.94 bits per heavy atom. The largest absolute Gasteiger partial charge is 0.492 e. The summed E-state index contributed by atoms with van der Waals surface area (Å²) in [5.74, 6) is 5.00. The molecule has 0 atom stereocenters. The Hall–Kier alpha value is -1.05. The van der Waals surface area contributed by atoms with Crippen LogP contribution in [0.1, 0.15) is 122 Å². The zero-order chi connectivity index (χ0) is 21.7. The highest BCUT2D eigenvalue weighted by Crippen LogP contribution is 2.43. The molecule has 0 aliphatic heterocycles. The van der Waals surface area contributed by atoms with Crippen molar-refractivity contribution in [3.05, 3.63) is 24.0 Å². The Morgan fingerprint density at radius 1 is 0.742 bits per heavy atom. The second-order valence-corrected chi connectivity index (χ2v) is 10.6. The van der Waals surface area contributed by atoms with Gasteiger partial charge in [0, 0.05) is 5.69 Å². The topological polar surface area (TPSA) is 22.1 Å². The summed E-state index contributed by atoms with van der Waals surface area (Å²) in [7, 11) is 0. The van der Waals surface area contributed by atoms with Crippen molar-refractivity contribution in [2.45, 2.75) is 123 Å². The van der Waals surface area contributed by atoms with Crippen molar-refractivity contribution in [3.63, 3.8) is 0 Å². The fourth-order valence-electron chi connectivity index (χ4n) is 6.12. The number of aryl methyl sites for hydroxylation is 1. The Bertz CT molecular complexity index is 567. The average molecular weight is 428 g/mol. The zero-order valence-electron chi connectivity index (χ0n) is 20.6. The van der Waals surface area contributed by atoms with Crippen molar-refractivity contribution in [2.75, 3.05) is 6.61 Å². The van der Waals surface area contributed by atoms with Gasteiger partial charge < -0.3 is 4.74 Å². The van der Waals surface area contributed by atoms with E-state index in [-0.39, 0.29) is 0 Å². The minimum absolute atomic E-state index is 0.818. The summed E-state index contributed by atoms with van der Waals surface area (Å²) in [5.41, 5.74) is 1.24. The van der Waals surface area contributed by atoms with Crippen molar-refractivity contribution in [2.24, 2.45) is 23.7 Å². The molecule has 0 radical (unpaired) electrons. The van der Waals surface area contributed by atoms with Gasteiger partial charge in [-0.1, -0.05) is 78.1 Å². The number of nitrogens with zero attached hydrogens (tertiary/aromatic N) is 1. The molecule has 176 valence electrons. The normalized spacial score (nSPS) is 26.6. The number of ether oxygens (including phenoxy) is 1. The van der Waals surface area contributed by atoms with Gasteiger partial charge in [-0.15, -0.1) is 0 Å². The standard InChI is InChI=1S/C29H49NO/c1-3-5-7-9-24-10-15-26(16-11-24)27-17-12-25(13-18-27)14-19-28-20-21-29(23-30-28)31-22-8-6-4-2/h20-21,23-27H,3-19,22H2,1-2H3/t24-,25?,26-,27?. The van der Waals surface area contributed by atoms with Crippen LogP contribution in [0.15, 0.2) is 18.3 Å². The van der Waals surface area contributed by atoms with Crippen molar-refractivity contribution < 1.29 is 4.74 Å². The van der Waals surface area contributed by atoms with Gasteiger partial charge >= 0.3 is 0 Å². The van der Waals surface area contributed by atoms with Gasteiger partial charge in [-0.05, 0) is 80.8 Å². The molecule has 3 rings (SSSR count). The van der Waals surface area contributed by atoms with Crippen LogP contribution in [-0.2, 0) is 6.42 Å². The van der Waals surface area contributed by atoms with Gasteiger partial charge in [0.1, 0.15) is 5.75 Å². The van der Waals surface area contributed by atoms with E-state index in [2.05, 4.69) is 31.0 Å². The number of hydrogen-bond donors (Lipinski definition) is 0. The molecule has 0 aromatic carbocycles. The number of aromatic nitrogens is 1. The first-order valence-corrected chi connectivity index (χ1v) is 13.9. The lowest BCUT2D eigenvalue weighted by molar-refractivity contribution is 0.140. The smallest absolute Gasteiger partial charge is 0.137 e. The Labute approximate surface area is 193 Å². The molecule has 2 aliphatic carbocycles. The van der Waals surface area contributed by atoms with E-state index in [1.54, 1.807) is 0 Å². The molecule has 1 heterocycles. The Morgan fingerprint density at radius 2 is 1.35 bits per heavy atom. The van der Waals surface area contributed by atoms with Crippen LogP contribution in [0.2, 0.25) is 0 Å². The van der Waals surface area contributed by atoms with Crippen LogP contribution in [0.5, 0.6) is 5.75 Å². The van der Waals surface area contributed by atoms with E-state index in [0.717, 1.165) is 48.9 Å². The molecule has 0 unspecified atom stereocenters. The van der Waals surface area contributed by atoms with E-state index in [0.29, 0.717) is 0 Å². The molecule has 0 amide bonds. The molecule has 1 aromatic rings. The average Bonchev–Trinajstić information content (AvgIpc) is 2.82. The second kappa shape index (κ2) is 14.2. The maximum absolute atomic E-state index is 5.80. The van der Waals surface area contributed by atoms with Crippen LogP contribution < -0.4 is 4.74 Å². The predicted molar refractivity (Wildman–Crippen MR) is 133 cm³/mol. The summed E-state index contributed by atoms with van der Waals surface area (Å²) in [6.45, 7) is 5.37. The molecule has 0 spiro atoms.